The Kier molecular flexibility index (Phi) is 5.69. The second kappa shape index (κ2) is 8.55. The summed E-state index contributed by atoms with van der Waals surface area (Å²) in [5.41, 5.74) is 4.79. The van der Waals surface area contributed by atoms with E-state index >= 15 is 0 Å². The van der Waals surface area contributed by atoms with Crippen LogP contribution in [0.25, 0.3) is 10.4 Å². The first-order valence-corrected chi connectivity index (χ1v) is 10.6. The maximum Gasteiger partial charge on any atom is 0.304 e. The number of rotatable bonds is 6. The van der Waals surface area contributed by atoms with Gasteiger partial charge >= 0.3 is 5.97 Å². The Morgan fingerprint density at radius 3 is 2.76 bits per heavy atom. The lowest BCUT2D eigenvalue weighted by molar-refractivity contribution is -0.137. The molecule has 2 aromatic carbocycles. The van der Waals surface area contributed by atoms with Gasteiger partial charge in [-0.2, -0.15) is 0 Å². The highest BCUT2D eigenvalue weighted by atomic mass is 32.1. The minimum atomic E-state index is -0.845. The van der Waals surface area contributed by atoms with Crippen molar-refractivity contribution < 1.29 is 14.6 Å². The molecule has 0 fully saturated rings. The zero-order valence-electron chi connectivity index (χ0n) is 16.2. The van der Waals surface area contributed by atoms with Gasteiger partial charge in [0, 0.05) is 4.88 Å². The van der Waals surface area contributed by atoms with Gasteiger partial charge in [0.2, 0.25) is 0 Å². The van der Waals surface area contributed by atoms with Crippen molar-refractivity contribution >= 4 is 17.3 Å². The van der Waals surface area contributed by atoms with E-state index in [0.717, 1.165) is 24.2 Å². The average Bonchev–Trinajstić information content (AvgIpc) is 3.38. The molecule has 1 N–H and O–H groups in total. The number of ether oxygens (including phenoxy) is 1. The number of fused-ring (bicyclic) bond motifs is 1. The first-order chi connectivity index (χ1) is 14.1. The molecule has 0 saturated heterocycles. The molecule has 0 bridgehead atoms. The minimum Gasteiger partial charge on any atom is -0.486 e. The second-order valence-electron chi connectivity index (χ2n) is 7.15. The van der Waals surface area contributed by atoms with E-state index in [1.54, 1.807) is 18.3 Å². The van der Waals surface area contributed by atoms with Gasteiger partial charge in [-0.05, 0) is 71.7 Å². The molecule has 0 amide bonds. The highest BCUT2D eigenvalue weighted by Gasteiger charge is 2.24. The number of carboxylic acids is 1. The van der Waals surface area contributed by atoms with Crippen LogP contribution in [0.3, 0.4) is 0 Å². The Balaban J connectivity index is 1.48. The standard InChI is InChI=1S/C25H22O3S/c1-2-4-18(16-25(26)27)17-6-10-21(11-7-17)28-23-13-9-19-15-20(8-12-22(19)23)24-5-3-14-29-24/h3,5-8,10-12,14-15,18,23H,9,13,16H2,1H3,(H,26,27)/t18-,23?/m0/s1. The Morgan fingerprint density at radius 2 is 2.07 bits per heavy atom. The fourth-order valence-corrected chi connectivity index (χ4v) is 4.56. The monoisotopic (exact) mass is 402 g/mol. The summed E-state index contributed by atoms with van der Waals surface area (Å²) in [6, 6.07) is 18.6. The van der Waals surface area contributed by atoms with Crippen LogP contribution in [0.15, 0.2) is 60.0 Å². The number of thiophene rings is 1. The molecule has 1 aliphatic rings. The van der Waals surface area contributed by atoms with Crippen LogP contribution in [0.5, 0.6) is 5.75 Å². The second-order valence-corrected chi connectivity index (χ2v) is 8.10. The van der Waals surface area contributed by atoms with E-state index in [9.17, 15) is 4.79 Å². The van der Waals surface area contributed by atoms with E-state index in [0.29, 0.717) is 0 Å². The molecule has 4 rings (SSSR count). The molecule has 0 aliphatic heterocycles. The van der Waals surface area contributed by atoms with Gasteiger partial charge in [0.05, 0.1) is 12.3 Å². The van der Waals surface area contributed by atoms with E-state index in [4.69, 9.17) is 9.84 Å². The molecule has 29 heavy (non-hydrogen) atoms. The third-order valence-electron chi connectivity index (χ3n) is 5.23. The Morgan fingerprint density at radius 1 is 1.24 bits per heavy atom. The molecule has 1 aromatic heterocycles. The Bertz CT molecular complexity index is 1060. The zero-order chi connectivity index (χ0) is 20.2. The lowest BCUT2D eigenvalue weighted by Crippen LogP contribution is -2.06. The molecule has 3 aromatic rings. The lowest BCUT2D eigenvalue weighted by Gasteiger charge is -2.16. The van der Waals surface area contributed by atoms with Crippen molar-refractivity contribution in [3.8, 4) is 28.0 Å². The maximum absolute atomic E-state index is 11.1. The number of carbonyl (C=O) groups is 1. The maximum atomic E-state index is 11.1. The fourth-order valence-electron chi connectivity index (χ4n) is 3.84. The van der Waals surface area contributed by atoms with Crippen molar-refractivity contribution in [2.75, 3.05) is 0 Å². The van der Waals surface area contributed by atoms with Gasteiger partial charge in [-0.25, -0.2) is 0 Å². The molecule has 0 saturated carbocycles. The summed E-state index contributed by atoms with van der Waals surface area (Å²) in [5.74, 6) is 5.47. The largest absolute Gasteiger partial charge is 0.486 e. The predicted octanol–water partition coefficient (Wildman–Crippen LogP) is 6.06. The molecule has 0 radical (unpaired) electrons. The Labute approximate surface area is 175 Å². The number of benzene rings is 2. The van der Waals surface area contributed by atoms with Crippen LogP contribution in [0.2, 0.25) is 0 Å². The van der Waals surface area contributed by atoms with Crippen LogP contribution in [-0.4, -0.2) is 11.1 Å². The SMILES string of the molecule is CC#C[C@@H](CC(=O)O)c1ccc(OC2CCc3cc(-c4cccs4)ccc32)cc1. The van der Waals surface area contributed by atoms with E-state index in [1.807, 2.05) is 24.3 Å². The molecule has 2 atom stereocenters. The van der Waals surface area contributed by atoms with E-state index in [1.165, 1.54) is 21.6 Å². The molecular weight excluding hydrogens is 380 g/mol. The van der Waals surface area contributed by atoms with Gasteiger partial charge < -0.3 is 9.84 Å². The molecule has 1 heterocycles. The van der Waals surface area contributed by atoms with Crippen LogP contribution < -0.4 is 4.74 Å². The summed E-state index contributed by atoms with van der Waals surface area (Å²) in [7, 11) is 0. The van der Waals surface area contributed by atoms with Crippen LogP contribution in [0.1, 0.15) is 48.5 Å². The van der Waals surface area contributed by atoms with Crippen LogP contribution in [-0.2, 0) is 11.2 Å². The molecule has 1 unspecified atom stereocenters. The summed E-state index contributed by atoms with van der Waals surface area (Å²) in [6.45, 7) is 1.73. The molecule has 3 nitrogen and oxygen atoms in total. The van der Waals surface area contributed by atoms with E-state index in [2.05, 4.69) is 47.6 Å². The average molecular weight is 403 g/mol. The first-order valence-electron chi connectivity index (χ1n) is 9.71. The Hall–Kier alpha value is -3.03. The van der Waals surface area contributed by atoms with Crippen LogP contribution in [0, 0.1) is 11.8 Å². The number of aryl methyl sites for hydroxylation is 1. The van der Waals surface area contributed by atoms with Gasteiger partial charge in [-0.1, -0.05) is 36.3 Å². The summed E-state index contributed by atoms with van der Waals surface area (Å²) in [4.78, 5) is 12.4. The highest BCUT2D eigenvalue weighted by molar-refractivity contribution is 7.13. The normalized spacial score (nSPS) is 15.8. The van der Waals surface area contributed by atoms with Gasteiger partial charge in [0.25, 0.3) is 0 Å². The summed E-state index contributed by atoms with van der Waals surface area (Å²) < 4.78 is 6.26. The van der Waals surface area contributed by atoms with Crippen molar-refractivity contribution in [3.63, 3.8) is 0 Å². The molecule has 0 spiro atoms. The minimum absolute atomic E-state index is 0.00359. The lowest BCUT2D eigenvalue weighted by atomic mass is 9.96. The predicted molar refractivity (Wildman–Crippen MR) is 116 cm³/mol. The van der Waals surface area contributed by atoms with Crippen molar-refractivity contribution in [2.45, 2.75) is 38.2 Å². The topological polar surface area (TPSA) is 46.5 Å². The molecule has 1 aliphatic carbocycles. The first kappa shape index (κ1) is 19.3. The van der Waals surface area contributed by atoms with E-state index in [-0.39, 0.29) is 18.4 Å². The van der Waals surface area contributed by atoms with Crippen LogP contribution in [0.4, 0.5) is 0 Å². The quantitative estimate of drug-likeness (QED) is 0.510. The van der Waals surface area contributed by atoms with Crippen molar-refractivity contribution in [2.24, 2.45) is 0 Å². The van der Waals surface area contributed by atoms with Gasteiger partial charge in [0.1, 0.15) is 11.9 Å². The third-order valence-corrected chi connectivity index (χ3v) is 6.15. The van der Waals surface area contributed by atoms with E-state index < -0.39 is 5.97 Å². The van der Waals surface area contributed by atoms with Gasteiger partial charge in [-0.3, -0.25) is 4.79 Å². The third kappa shape index (κ3) is 4.36. The van der Waals surface area contributed by atoms with Crippen molar-refractivity contribution in [1.29, 1.82) is 0 Å². The molecule has 4 heteroatoms. The van der Waals surface area contributed by atoms with Crippen LogP contribution >= 0.6 is 11.3 Å². The van der Waals surface area contributed by atoms with Crippen molar-refractivity contribution in [3.05, 3.63) is 76.7 Å². The molecule has 146 valence electrons. The molecular formula is C25H22O3S. The number of hydrogen-bond donors (Lipinski definition) is 1. The van der Waals surface area contributed by atoms with Gasteiger partial charge in [-0.15, -0.1) is 17.3 Å². The highest BCUT2D eigenvalue weighted by Crippen LogP contribution is 2.38. The number of aliphatic carboxylic acids is 1. The number of carboxylic acid groups (broad SMARTS) is 1. The zero-order valence-corrected chi connectivity index (χ0v) is 17.0. The van der Waals surface area contributed by atoms with Gasteiger partial charge in [0.15, 0.2) is 0 Å². The summed E-state index contributed by atoms with van der Waals surface area (Å²) in [5, 5.41) is 11.2. The fraction of sp³-hybridized carbons (Fsp3) is 0.240. The number of hydrogen-bond acceptors (Lipinski definition) is 3. The summed E-state index contributed by atoms with van der Waals surface area (Å²) in [6.07, 6.45) is 2.04. The van der Waals surface area contributed by atoms with Crippen molar-refractivity contribution in [1.82, 2.24) is 0 Å². The summed E-state index contributed by atoms with van der Waals surface area (Å²) >= 11 is 1.76. The smallest absolute Gasteiger partial charge is 0.304 e.